The predicted molar refractivity (Wildman–Crippen MR) is 177 cm³/mol. The van der Waals surface area contributed by atoms with Gasteiger partial charge in [0.2, 0.25) is 0 Å². The first-order valence-electron chi connectivity index (χ1n) is 15.1. The Kier molecular flexibility index (Phi) is 11.5. The number of benzene rings is 4. The van der Waals surface area contributed by atoms with Gasteiger partial charge in [0.05, 0.1) is 31.8 Å². The number of hydrogen-bond donors (Lipinski definition) is 1. The molecule has 0 aliphatic heterocycles. The lowest BCUT2D eigenvalue weighted by Crippen LogP contribution is -2.67. The van der Waals surface area contributed by atoms with E-state index in [9.17, 15) is 9.90 Å². The van der Waals surface area contributed by atoms with Gasteiger partial charge >= 0.3 is 5.97 Å². The summed E-state index contributed by atoms with van der Waals surface area (Å²) in [5, 5.41) is 13.9. The lowest BCUT2D eigenvalue weighted by molar-refractivity contribution is -0.146. The maximum atomic E-state index is 12.7. The lowest BCUT2D eigenvalue weighted by atomic mass is 10.0. The van der Waals surface area contributed by atoms with Gasteiger partial charge in [-0.1, -0.05) is 142 Å². The monoisotopic (exact) mass is 595 g/mol. The molecule has 0 saturated heterocycles. The zero-order valence-corrected chi connectivity index (χ0v) is 26.9. The Hall–Kier alpha value is -3.55. The van der Waals surface area contributed by atoms with Crippen molar-refractivity contribution >= 4 is 24.7 Å². The molecule has 5 nitrogen and oxygen atoms in total. The number of hydrogen-bond acceptors (Lipinski definition) is 5. The van der Waals surface area contributed by atoms with Gasteiger partial charge in [-0.15, -0.1) is 0 Å². The van der Waals surface area contributed by atoms with Crippen LogP contribution in [0.5, 0.6) is 0 Å². The van der Waals surface area contributed by atoms with Crippen LogP contribution in [0, 0.1) is 0 Å². The molecule has 4 rings (SSSR count). The Morgan fingerprint density at radius 1 is 0.744 bits per heavy atom. The fourth-order valence-electron chi connectivity index (χ4n) is 5.88. The van der Waals surface area contributed by atoms with E-state index in [2.05, 4.69) is 98.5 Å². The van der Waals surface area contributed by atoms with E-state index in [1.165, 1.54) is 10.4 Å². The first-order valence-corrected chi connectivity index (χ1v) is 17.1. The molecule has 0 fully saturated rings. The molecule has 4 aromatic rings. The maximum Gasteiger partial charge on any atom is 0.308 e. The second-order valence-corrected chi connectivity index (χ2v) is 16.3. The molecular formula is C37H45NO4Si. The van der Waals surface area contributed by atoms with E-state index in [0.717, 1.165) is 11.1 Å². The van der Waals surface area contributed by atoms with E-state index in [1.807, 2.05) is 48.5 Å². The Morgan fingerprint density at radius 3 is 1.56 bits per heavy atom. The van der Waals surface area contributed by atoms with Gasteiger partial charge in [0.1, 0.15) is 0 Å². The van der Waals surface area contributed by atoms with Crippen LogP contribution in [0.1, 0.15) is 45.2 Å². The van der Waals surface area contributed by atoms with Crippen LogP contribution in [0.25, 0.3) is 0 Å². The second kappa shape index (κ2) is 15.3. The van der Waals surface area contributed by atoms with Crippen LogP contribution < -0.4 is 10.4 Å². The summed E-state index contributed by atoms with van der Waals surface area (Å²) in [6.07, 6.45) is -1.10. The van der Waals surface area contributed by atoms with Crippen molar-refractivity contribution in [3.05, 3.63) is 132 Å². The molecule has 0 amide bonds. The van der Waals surface area contributed by atoms with Crippen LogP contribution >= 0.6 is 0 Å². The minimum Gasteiger partial charge on any atom is -0.466 e. The molecule has 4 aromatic carbocycles. The third-order valence-corrected chi connectivity index (χ3v) is 12.9. The molecule has 43 heavy (non-hydrogen) atoms. The summed E-state index contributed by atoms with van der Waals surface area (Å²) in [4.78, 5) is 14.9. The fourth-order valence-corrected chi connectivity index (χ4v) is 10.5. The fraction of sp³-hybridized carbons (Fsp3) is 0.324. The van der Waals surface area contributed by atoms with Crippen molar-refractivity contribution in [3.8, 4) is 0 Å². The smallest absolute Gasteiger partial charge is 0.308 e. The second-order valence-electron chi connectivity index (χ2n) is 12.0. The number of carbonyl (C=O) groups excluding carboxylic acids is 1. The summed E-state index contributed by atoms with van der Waals surface area (Å²) in [5.41, 5.74) is 2.24. The van der Waals surface area contributed by atoms with Gasteiger partial charge in [0.25, 0.3) is 8.32 Å². The van der Waals surface area contributed by atoms with Gasteiger partial charge in [-0.2, -0.15) is 0 Å². The van der Waals surface area contributed by atoms with Gasteiger partial charge in [-0.05, 0) is 33.5 Å². The molecule has 0 aliphatic carbocycles. The molecular weight excluding hydrogens is 550 g/mol. The van der Waals surface area contributed by atoms with Crippen LogP contribution in [0.15, 0.2) is 121 Å². The Labute approximate surface area is 258 Å². The van der Waals surface area contributed by atoms with E-state index in [4.69, 9.17) is 9.16 Å². The van der Waals surface area contributed by atoms with Crippen molar-refractivity contribution in [2.24, 2.45) is 0 Å². The highest BCUT2D eigenvalue weighted by molar-refractivity contribution is 6.99. The van der Waals surface area contributed by atoms with Crippen LogP contribution in [0.2, 0.25) is 5.04 Å². The van der Waals surface area contributed by atoms with Crippen molar-refractivity contribution < 1.29 is 19.1 Å². The number of ether oxygens (including phenoxy) is 1. The molecule has 1 N–H and O–H groups in total. The minimum absolute atomic E-state index is 0.108. The third kappa shape index (κ3) is 8.30. The van der Waals surface area contributed by atoms with Crippen molar-refractivity contribution in [2.75, 3.05) is 13.2 Å². The molecule has 6 heteroatoms. The van der Waals surface area contributed by atoms with Crippen LogP contribution in [0.4, 0.5) is 0 Å². The van der Waals surface area contributed by atoms with Crippen molar-refractivity contribution in [1.29, 1.82) is 0 Å². The molecule has 0 radical (unpaired) electrons. The zero-order chi connectivity index (χ0) is 30.7. The summed E-state index contributed by atoms with van der Waals surface area (Å²) < 4.78 is 12.6. The first-order chi connectivity index (χ1) is 20.7. The van der Waals surface area contributed by atoms with Gasteiger partial charge in [-0.3, -0.25) is 9.69 Å². The summed E-state index contributed by atoms with van der Waals surface area (Å²) in [7, 11) is -2.90. The number of rotatable bonds is 14. The van der Waals surface area contributed by atoms with E-state index in [-0.39, 0.29) is 24.7 Å². The Bertz CT molecular complexity index is 1300. The van der Waals surface area contributed by atoms with Gasteiger partial charge < -0.3 is 14.3 Å². The van der Waals surface area contributed by atoms with Gasteiger partial charge in [0, 0.05) is 13.1 Å². The Balaban J connectivity index is 1.79. The molecule has 2 atom stereocenters. The van der Waals surface area contributed by atoms with Crippen molar-refractivity contribution in [2.45, 2.75) is 64.4 Å². The van der Waals surface area contributed by atoms with E-state index >= 15 is 0 Å². The SMILES string of the molecule is CCOC(=O)C[C@@H](O)[C@@H](CO[Si](c1ccccc1)(c1ccccc1)C(C)(C)C)N(Cc1ccccc1)Cc1ccccc1. The van der Waals surface area contributed by atoms with E-state index in [0.29, 0.717) is 13.1 Å². The van der Waals surface area contributed by atoms with Gasteiger partial charge in [-0.25, -0.2) is 0 Å². The summed E-state index contributed by atoms with van der Waals surface area (Å²) >= 11 is 0. The molecule has 0 unspecified atom stereocenters. The number of carbonyl (C=O) groups is 1. The van der Waals surface area contributed by atoms with E-state index in [1.54, 1.807) is 6.92 Å². The zero-order valence-electron chi connectivity index (χ0n) is 25.9. The molecule has 0 spiro atoms. The van der Waals surface area contributed by atoms with E-state index < -0.39 is 26.4 Å². The van der Waals surface area contributed by atoms with Gasteiger partial charge in [0.15, 0.2) is 0 Å². The van der Waals surface area contributed by atoms with Crippen molar-refractivity contribution in [3.63, 3.8) is 0 Å². The normalized spacial score (nSPS) is 13.4. The highest BCUT2D eigenvalue weighted by atomic mass is 28.4. The molecule has 0 heterocycles. The lowest BCUT2D eigenvalue weighted by Gasteiger charge is -2.45. The first kappa shape index (κ1) is 32.4. The molecule has 0 bridgehead atoms. The topological polar surface area (TPSA) is 59.0 Å². The summed E-state index contributed by atoms with van der Waals surface area (Å²) in [5.74, 6) is -0.412. The summed E-state index contributed by atoms with van der Waals surface area (Å²) in [6.45, 7) is 10.2. The molecule has 0 saturated carbocycles. The average Bonchev–Trinajstić information content (AvgIpc) is 3.00. The largest absolute Gasteiger partial charge is 0.466 e. The standard InChI is InChI=1S/C37H45NO4Si/c1-5-41-36(40)26-35(39)34(38(27-30-18-10-6-11-19-30)28-31-20-12-7-13-21-31)29-42-43(37(2,3)4,32-22-14-8-15-23-32)33-24-16-9-17-25-33/h6-25,34-35,39H,5,26-29H2,1-4H3/t34-,35-/m1/s1. The number of esters is 1. The highest BCUT2D eigenvalue weighted by Gasteiger charge is 2.51. The van der Waals surface area contributed by atoms with Crippen LogP contribution in [-0.2, 0) is 27.0 Å². The van der Waals surface area contributed by atoms with Crippen LogP contribution in [0.3, 0.4) is 0 Å². The molecule has 0 aromatic heterocycles. The quantitative estimate of drug-likeness (QED) is 0.144. The average molecular weight is 596 g/mol. The minimum atomic E-state index is -2.90. The maximum absolute atomic E-state index is 12.7. The predicted octanol–water partition coefficient (Wildman–Crippen LogP) is 5.95. The third-order valence-electron chi connectivity index (χ3n) is 7.94. The number of aliphatic hydroxyl groups is 1. The number of nitrogens with zero attached hydrogens (tertiary/aromatic N) is 1. The van der Waals surface area contributed by atoms with Crippen LogP contribution in [-0.4, -0.2) is 49.7 Å². The molecule has 226 valence electrons. The Morgan fingerprint density at radius 2 is 1.16 bits per heavy atom. The molecule has 0 aliphatic rings. The number of aliphatic hydroxyl groups excluding tert-OH is 1. The highest BCUT2D eigenvalue weighted by Crippen LogP contribution is 2.37. The van der Waals surface area contributed by atoms with Crippen molar-refractivity contribution in [1.82, 2.24) is 4.90 Å². The summed E-state index contributed by atoms with van der Waals surface area (Å²) in [6, 6.07) is 41.0.